The van der Waals surface area contributed by atoms with Gasteiger partial charge in [0, 0.05) is 42.2 Å². The second kappa shape index (κ2) is 7.98. The lowest BCUT2D eigenvalue weighted by atomic mass is 10.2. The third-order valence-electron chi connectivity index (χ3n) is 3.78. The number of non-ortho nitro benzene ring substituents is 1. The smallest absolute Gasteiger partial charge is 0.269 e. The highest BCUT2D eigenvalue weighted by molar-refractivity contribution is 5.94. The summed E-state index contributed by atoms with van der Waals surface area (Å²) in [5.74, 6) is 0.381. The van der Waals surface area contributed by atoms with Gasteiger partial charge in [-0.1, -0.05) is 30.3 Å². The Hall–Kier alpha value is -3.61. The molecule has 26 heavy (non-hydrogen) atoms. The molecule has 1 N–H and O–H groups in total. The molecule has 3 rings (SSSR count). The number of amides is 1. The number of nitrogens with zero attached hydrogens (tertiary/aromatic N) is 3. The maximum Gasteiger partial charge on any atom is 0.269 e. The van der Waals surface area contributed by atoms with Crippen LogP contribution in [0.3, 0.4) is 0 Å². The van der Waals surface area contributed by atoms with Crippen molar-refractivity contribution in [1.29, 1.82) is 0 Å². The Morgan fingerprint density at radius 1 is 1.00 bits per heavy atom. The molecule has 0 aliphatic rings. The van der Waals surface area contributed by atoms with E-state index in [2.05, 4.69) is 15.3 Å². The quantitative estimate of drug-likeness (QED) is 0.545. The number of rotatable bonds is 6. The summed E-state index contributed by atoms with van der Waals surface area (Å²) in [5, 5.41) is 13.4. The lowest BCUT2D eigenvalue weighted by Gasteiger charge is -2.06. The summed E-state index contributed by atoms with van der Waals surface area (Å²) in [5.41, 5.74) is 2.20. The highest BCUT2D eigenvalue weighted by atomic mass is 16.6. The molecule has 7 heteroatoms. The topological polar surface area (TPSA) is 98.0 Å². The molecule has 0 bridgehead atoms. The van der Waals surface area contributed by atoms with E-state index in [1.54, 1.807) is 12.4 Å². The van der Waals surface area contributed by atoms with E-state index in [1.165, 1.54) is 24.3 Å². The first kappa shape index (κ1) is 17.2. The molecule has 0 radical (unpaired) electrons. The third-order valence-corrected chi connectivity index (χ3v) is 3.78. The van der Waals surface area contributed by atoms with Crippen LogP contribution in [0.4, 0.5) is 5.69 Å². The van der Waals surface area contributed by atoms with E-state index in [0.29, 0.717) is 24.4 Å². The zero-order valence-corrected chi connectivity index (χ0v) is 13.8. The number of aromatic nitrogens is 2. The molecule has 1 aromatic heterocycles. The van der Waals surface area contributed by atoms with Gasteiger partial charge in [-0.3, -0.25) is 14.9 Å². The summed E-state index contributed by atoms with van der Waals surface area (Å²) in [7, 11) is 0. The molecule has 0 saturated carbocycles. The number of carbonyl (C=O) groups excluding carboxylic acids is 1. The second-order valence-corrected chi connectivity index (χ2v) is 5.59. The predicted octanol–water partition coefficient (Wildman–Crippen LogP) is 3.02. The first-order valence-electron chi connectivity index (χ1n) is 8.02. The molecule has 1 heterocycles. The molecule has 0 spiro atoms. The van der Waals surface area contributed by atoms with Gasteiger partial charge in [-0.25, -0.2) is 9.97 Å². The van der Waals surface area contributed by atoms with Gasteiger partial charge in [0.25, 0.3) is 11.6 Å². The van der Waals surface area contributed by atoms with Crippen LogP contribution in [0.2, 0.25) is 0 Å². The van der Waals surface area contributed by atoms with Crippen LogP contribution < -0.4 is 5.32 Å². The van der Waals surface area contributed by atoms with E-state index >= 15 is 0 Å². The van der Waals surface area contributed by atoms with Crippen LogP contribution in [0.1, 0.15) is 15.9 Å². The third kappa shape index (κ3) is 4.27. The van der Waals surface area contributed by atoms with Gasteiger partial charge < -0.3 is 5.32 Å². The highest BCUT2D eigenvalue weighted by Crippen LogP contribution is 2.13. The summed E-state index contributed by atoms with van der Waals surface area (Å²) in [6.45, 7) is 0.421. The number of nitro benzene ring substituents is 1. The van der Waals surface area contributed by atoms with Gasteiger partial charge in [0.1, 0.15) is 0 Å². The molecule has 130 valence electrons. The molecule has 2 aromatic carbocycles. The molecule has 0 fully saturated rings. The van der Waals surface area contributed by atoms with E-state index in [0.717, 1.165) is 11.1 Å². The second-order valence-electron chi connectivity index (χ2n) is 5.59. The molecule has 0 unspecified atom stereocenters. The van der Waals surface area contributed by atoms with E-state index in [9.17, 15) is 14.9 Å². The van der Waals surface area contributed by atoms with Crippen molar-refractivity contribution in [2.45, 2.75) is 6.42 Å². The highest BCUT2D eigenvalue weighted by Gasteiger charge is 2.09. The van der Waals surface area contributed by atoms with Crippen LogP contribution in [0.5, 0.6) is 0 Å². The number of hydrogen-bond acceptors (Lipinski definition) is 5. The van der Waals surface area contributed by atoms with Crippen molar-refractivity contribution in [2.24, 2.45) is 0 Å². The predicted molar refractivity (Wildman–Crippen MR) is 96.6 cm³/mol. The van der Waals surface area contributed by atoms with E-state index in [1.807, 2.05) is 30.3 Å². The van der Waals surface area contributed by atoms with Gasteiger partial charge in [-0.05, 0) is 24.1 Å². The van der Waals surface area contributed by atoms with Crippen LogP contribution >= 0.6 is 0 Å². The van der Waals surface area contributed by atoms with Crippen LogP contribution in [0.25, 0.3) is 11.4 Å². The molecule has 0 atom stereocenters. The summed E-state index contributed by atoms with van der Waals surface area (Å²) >= 11 is 0. The van der Waals surface area contributed by atoms with Gasteiger partial charge in [0.05, 0.1) is 4.92 Å². The van der Waals surface area contributed by atoms with Crippen molar-refractivity contribution in [2.75, 3.05) is 6.54 Å². The largest absolute Gasteiger partial charge is 0.352 e. The normalized spacial score (nSPS) is 10.3. The van der Waals surface area contributed by atoms with Gasteiger partial charge in [0.2, 0.25) is 0 Å². The van der Waals surface area contributed by atoms with Gasteiger partial charge in [-0.15, -0.1) is 0 Å². The molecule has 0 aliphatic carbocycles. The monoisotopic (exact) mass is 348 g/mol. The van der Waals surface area contributed by atoms with E-state index in [-0.39, 0.29) is 11.6 Å². The molecule has 0 aliphatic heterocycles. The molecule has 7 nitrogen and oxygen atoms in total. The zero-order valence-electron chi connectivity index (χ0n) is 13.8. The van der Waals surface area contributed by atoms with Gasteiger partial charge in [-0.2, -0.15) is 0 Å². The lowest BCUT2D eigenvalue weighted by Crippen LogP contribution is -2.25. The number of nitro groups is 1. The van der Waals surface area contributed by atoms with Crippen molar-refractivity contribution in [3.8, 4) is 11.4 Å². The Morgan fingerprint density at radius 3 is 2.27 bits per heavy atom. The Balaban J connectivity index is 1.53. The Morgan fingerprint density at radius 2 is 1.65 bits per heavy atom. The van der Waals surface area contributed by atoms with Crippen LogP contribution in [0, 0.1) is 10.1 Å². The number of carbonyl (C=O) groups is 1. The fourth-order valence-electron chi connectivity index (χ4n) is 2.38. The molecule has 0 saturated heterocycles. The van der Waals surface area contributed by atoms with Crippen molar-refractivity contribution < 1.29 is 9.72 Å². The summed E-state index contributed by atoms with van der Waals surface area (Å²) < 4.78 is 0. The standard InChI is InChI=1S/C19H16N4O3/c24-19(16-6-8-17(9-7-16)23(25)26)20-11-10-14-12-21-18(22-13-14)15-4-2-1-3-5-15/h1-9,12-13H,10-11H2,(H,20,24). The maximum absolute atomic E-state index is 12.0. The lowest BCUT2D eigenvalue weighted by molar-refractivity contribution is -0.384. The SMILES string of the molecule is O=C(NCCc1cnc(-c2ccccc2)nc1)c1ccc([N+](=O)[O-])cc1. The van der Waals surface area contributed by atoms with Crippen LogP contribution in [0.15, 0.2) is 67.0 Å². The number of benzene rings is 2. The molecular weight excluding hydrogens is 332 g/mol. The van der Waals surface area contributed by atoms with Crippen LogP contribution in [-0.4, -0.2) is 27.3 Å². The number of hydrogen-bond donors (Lipinski definition) is 1. The maximum atomic E-state index is 12.0. The van der Waals surface area contributed by atoms with Crippen LogP contribution in [-0.2, 0) is 6.42 Å². The average Bonchev–Trinajstić information content (AvgIpc) is 2.69. The Bertz CT molecular complexity index is 894. The fraction of sp³-hybridized carbons (Fsp3) is 0.105. The van der Waals surface area contributed by atoms with Gasteiger partial charge in [0.15, 0.2) is 5.82 Å². The molecule has 1 amide bonds. The van der Waals surface area contributed by atoms with Crippen molar-refractivity contribution in [1.82, 2.24) is 15.3 Å². The number of nitrogens with one attached hydrogen (secondary N) is 1. The van der Waals surface area contributed by atoms with E-state index in [4.69, 9.17) is 0 Å². The minimum atomic E-state index is -0.499. The minimum Gasteiger partial charge on any atom is -0.352 e. The first-order chi connectivity index (χ1) is 12.6. The minimum absolute atomic E-state index is 0.0443. The van der Waals surface area contributed by atoms with Crippen molar-refractivity contribution in [3.63, 3.8) is 0 Å². The molecule has 3 aromatic rings. The first-order valence-corrected chi connectivity index (χ1v) is 8.02. The summed E-state index contributed by atoms with van der Waals surface area (Å²) in [4.78, 5) is 30.8. The Kier molecular flexibility index (Phi) is 5.28. The Labute approximate surface area is 149 Å². The zero-order chi connectivity index (χ0) is 18.4. The van der Waals surface area contributed by atoms with Crippen molar-refractivity contribution >= 4 is 11.6 Å². The van der Waals surface area contributed by atoms with Gasteiger partial charge >= 0.3 is 0 Å². The average molecular weight is 348 g/mol. The fourth-order valence-corrected chi connectivity index (χ4v) is 2.38. The van der Waals surface area contributed by atoms with Crippen molar-refractivity contribution in [3.05, 3.63) is 88.2 Å². The summed E-state index contributed by atoms with van der Waals surface area (Å²) in [6.07, 6.45) is 4.08. The molecular formula is C19H16N4O3. The summed E-state index contributed by atoms with van der Waals surface area (Å²) in [6, 6.07) is 15.2. The van der Waals surface area contributed by atoms with E-state index < -0.39 is 4.92 Å².